The van der Waals surface area contributed by atoms with Crippen molar-refractivity contribution in [2.24, 2.45) is 0 Å². The maximum atomic E-state index is 13.0. The number of ketones is 1. The molecule has 0 spiro atoms. The van der Waals surface area contributed by atoms with Gasteiger partial charge < -0.3 is 9.64 Å². The van der Waals surface area contributed by atoms with E-state index >= 15 is 0 Å². The summed E-state index contributed by atoms with van der Waals surface area (Å²) in [5.41, 5.74) is 7.04. The van der Waals surface area contributed by atoms with E-state index in [0.717, 1.165) is 54.2 Å². The van der Waals surface area contributed by atoms with Gasteiger partial charge in [0.25, 0.3) is 0 Å². The van der Waals surface area contributed by atoms with Crippen molar-refractivity contribution in [3.05, 3.63) is 83.1 Å². The molecular weight excluding hydrogens is 552 g/mol. The zero-order chi connectivity index (χ0) is 29.5. The van der Waals surface area contributed by atoms with Crippen molar-refractivity contribution in [3.63, 3.8) is 0 Å². The number of benzene rings is 3. The van der Waals surface area contributed by atoms with Crippen LogP contribution in [0.3, 0.4) is 0 Å². The number of hydrogen-bond acceptors (Lipinski definition) is 7. The van der Waals surface area contributed by atoms with Crippen molar-refractivity contribution in [1.29, 1.82) is 0 Å². The van der Waals surface area contributed by atoms with Gasteiger partial charge in [-0.3, -0.25) is 4.79 Å². The Kier molecular flexibility index (Phi) is 7.97. The summed E-state index contributed by atoms with van der Waals surface area (Å²) >= 11 is 7.87. The van der Waals surface area contributed by atoms with Crippen molar-refractivity contribution < 1.29 is 9.53 Å². The number of hydrogen-bond donors (Lipinski definition) is 0. The minimum absolute atomic E-state index is 0.0440. The van der Waals surface area contributed by atoms with E-state index in [1.807, 2.05) is 95.5 Å². The predicted molar refractivity (Wildman–Crippen MR) is 170 cm³/mol. The molecule has 6 nitrogen and oxygen atoms in total. The van der Waals surface area contributed by atoms with E-state index < -0.39 is 11.7 Å². The molecule has 0 aliphatic rings. The summed E-state index contributed by atoms with van der Waals surface area (Å²) in [6.45, 7) is 9.51. The highest BCUT2D eigenvalue weighted by Gasteiger charge is 2.30. The van der Waals surface area contributed by atoms with E-state index in [0.29, 0.717) is 11.0 Å². The van der Waals surface area contributed by atoms with Gasteiger partial charge in [-0.15, -0.1) is 11.3 Å². The molecule has 0 bridgehead atoms. The molecule has 0 aliphatic carbocycles. The Bertz CT molecular complexity index is 1720. The molecule has 8 heteroatoms. The third kappa shape index (κ3) is 6.17. The molecule has 5 rings (SSSR count). The highest BCUT2D eigenvalue weighted by Crippen LogP contribution is 2.44. The fourth-order valence-corrected chi connectivity index (χ4v) is 6.05. The predicted octanol–water partition coefficient (Wildman–Crippen LogP) is 8.56. The molecule has 0 saturated heterocycles. The quantitative estimate of drug-likeness (QED) is 0.191. The van der Waals surface area contributed by atoms with Crippen molar-refractivity contribution in [1.82, 2.24) is 15.0 Å². The number of Topliss-reactive ketones (excluding diaryl/α,β-unsaturated/α-hetero) is 1. The Morgan fingerprint density at radius 1 is 0.951 bits per heavy atom. The molecule has 210 valence electrons. The van der Waals surface area contributed by atoms with Gasteiger partial charge >= 0.3 is 0 Å². The molecule has 0 aliphatic heterocycles. The molecule has 0 saturated carbocycles. The molecule has 0 radical (unpaired) electrons. The Labute approximate surface area is 250 Å². The maximum absolute atomic E-state index is 13.0. The topological polar surface area (TPSA) is 68.2 Å². The van der Waals surface area contributed by atoms with Crippen LogP contribution in [0, 0.1) is 6.92 Å². The van der Waals surface area contributed by atoms with Gasteiger partial charge in [0.2, 0.25) is 5.95 Å². The molecule has 41 heavy (non-hydrogen) atoms. The van der Waals surface area contributed by atoms with E-state index in [1.165, 1.54) is 0 Å². The lowest BCUT2D eigenvalue weighted by Crippen LogP contribution is -2.27. The highest BCUT2D eigenvalue weighted by atomic mass is 35.5. The van der Waals surface area contributed by atoms with Crippen LogP contribution in [0.1, 0.15) is 44.9 Å². The van der Waals surface area contributed by atoms with Crippen LogP contribution in [-0.2, 0) is 9.53 Å². The average Bonchev–Trinajstić information content (AvgIpc) is 3.35. The van der Waals surface area contributed by atoms with Crippen molar-refractivity contribution in [2.75, 3.05) is 19.0 Å². The molecule has 1 atom stereocenters. The second-order valence-electron chi connectivity index (χ2n) is 11.3. The number of carbonyl (C=O) groups excluding carboxylic acids is 1. The van der Waals surface area contributed by atoms with E-state index in [-0.39, 0.29) is 5.78 Å². The molecule has 5 aromatic rings. The van der Waals surface area contributed by atoms with Crippen LogP contribution in [0.5, 0.6) is 0 Å². The molecule has 3 aromatic carbocycles. The van der Waals surface area contributed by atoms with E-state index in [2.05, 4.69) is 28.2 Å². The van der Waals surface area contributed by atoms with Gasteiger partial charge in [0.15, 0.2) is 5.78 Å². The van der Waals surface area contributed by atoms with Gasteiger partial charge in [-0.1, -0.05) is 41.9 Å². The first-order valence-electron chi connectivity index (χ1n) is 13.4. The first kappa shape index (κ1) is 28.9. The number of thiazole rings is 1. The van der Waals surface area contributed by atoms with Gasteiger partial charge in [-0.05, 0) is 75.6 Å². The van der Waals surface area contributed by atoms with Crippen LogP contribution in [0.15, 0.2) is 67.0 Å². The fraction of sp³-hybridized carbons (Fsp3) is 0.273. The number of fused-ring (bicyclic) bond motifs is 1. The van der Waals surface area contributed by atoms with Crippen molar-refractivity contribution in [2.45, 2.75) is 46.3 Å². The number of ether oxygens (including phenoxy) is 1. The Morgan fingerprint density at radius 2 is 1.61 bits per heavy atom. The molecule has 0 amide bonds. The Balaban J connectivity index is 1.69. The number of carbonyl (C=O) groups is 1. The fourth-order valence-electron chi connectivity index (χ4n) is 4.81. The smallest absolute Gasteiger partial charge is 0.224 e. The van der Waals surface area contributed by atoms with Crippen LogP contribution in [-0.4, -0.2) is 40.4 Å². The largest absolute Gasteiger partial charge is 0.360 e. The van der Waals surface area contributed by atoms with Gasteiger partial charge in [-0.25, -0.2) is 15.0 Å². The minimum Gasteiger partial charge on any atom is -0.360 e. The molecule has 0 fully saturated rings. The number of halogens is 1. The number of aromatic nitrogens is 3. The van der Waals surface area contributed by atoms with E-state index in [1.54, 1.807) is 18.3 Å². The molecule has 0 unspecified atom stereocenters. The number of rotatable bonds is 7. The van der Waals surface area contributed by atoms with Crippen molar-refractivity contribution >= 4 is 44.9 Å². The summed E-state index contributed by atoms with van der Waals surface area (Å²) in [5.74, 6) is 0.619. The second kappa shape index (κ2) is 11.3. The Morgan fingerprint density at radius 3 is 2.22 bits per heavy atom. The van der Waals surface area contributed by atoms with Gasteiger partial charge in [-0.2, -0.15) is 0 Å². The first-order chi connectivity index (χ1) is 19.4. The Hall–Kier alpha value is -3.65. The third-order valence-corrected chi connectivity index (χ3v) is 8.03. The summed E-state index contributed by atoms with van der Waals surface area (Å²) in [5, 5.41) is 1.54. The van der Waals surface area contributed by atoms with Crippen LogP contribution in [0.25, 0.3) is 43.0 Å². The lowest BCUT2D eigenvalue weighted by molar-refractivity contribution is -0.138. The average molecular weight is 585 g/mol. The second-order valence-corrected chi connectivity index (χ2v) is 12.8. The maximum Gasteiger partial charge on any atom is 0.224 e. The van der Waals surface area contributed by atoms with E-state index in [4.69, 9.17) is 21.3 Å². The summed E-state index contributed by atoms with van der Waals surface area (Å²) in [6.07, 6.45) is 2.96. The lowest BCUT2D eigenvalue weighted by atomic mass is 9.90. The monoisotopic (exact) mass is 584 g/mol. The minimum atomic E-state index is -0.718. The van der Waals surface area contributed by atoms with Crippen LogP contribution >= 0.6 is 22.9 Å². The third-order valence-electron chi connectivity index (χ3n) is 6.64. The lowest BCUT2D eigenvalue weighted by Gasteiger charge is -2.29. The van der Waals surface area contributed by atoms with Crippen LogP contribution < -0.4 is 4.90 Å². The first-order valence-corrected chi connectivity index (χ1v) is 14.6. The van der Waals surface area contributed by atoms with Gasteiger partial charge in [0.05, 0.1) is 15.8 Å². The highest BCUT2D eigenvalue weighted by molar-refractivity contribution is 7.22. The van der Waals surface area contributed by atoms with Crippen LogP contribution in [0.2, 0.25) is 5.02 Å². The normalized spacial score (nSPS) is 12.5. The summed E-state index contributed by atoms with van der Waals surface area (Å²) < 4.78 is 7.37. The summed E-state index contributed by atoms with van der Waals surface area (Å²) in [4.78, 5) is 28.9. The summed E-state index contributed by atoms with van der Waals surface area (Å²) in [6, 6.07) is 18.0. The molecule has 2 aromatic heterocycles. The van der Waals surface area contributed by atoms with Crippen molar-refractivity contribution in [3.8, 4) is 32.8 Å². The zero-order valence-electron chi connectivity index (χ0n) is 24.3. The summed E-state index contributed by atoms with van der Waals surface area (Å²) in [7, 11) is 3.84. The standard InChI is InChI=1S/C33H33ClN4O2S/c1-19-15-26-30(28(21-11-13-25(34)14-12-21)27(19)29(20(2)39)40-33(3,4)5)41-31(37-26)23-10-8-9-22(16-23)24-17-35-32(36-18-24)38(6)7/h8-18,29H,1-7H3/t29-/m1/s1. The number of anilines is 1. The SMILES string of the molecule is CC(=O)[C@@H](OC(C)(C)C)c1c(C)cc2nc(-c3cccc(-c4cnc(N(C)C)nc4)c3)sc2c1-c1ccc(Cl)cc1. The molecular formula is C33H33ClN4O2S. The zero-order valence-corrected chi connectivity index (χ0v) is 25.9. The van der Waals surface area contributed by atoms with E-state index in [9.17, 15) is 4.79 Å². The van der Waals surface area contributed by atoms with Crippen LogP contribution in [0.4, 0.5) is 5.95 Å². The molecule has 2 heterocycles. The number of aryl methyl sites for hydroxylation is 1. The number of nitrogens with zero attached hydrogens (tertiary/aromatic N) is 4. The molecule has 0 N–H and O–H groups in total. The van der Waals surface area contributed by atoms with Gasteiger partial charge in [0, 0.05) is 53.8 Å². The van der Waals surface area contributed by atoms with Gasteiger partial charge in [0.1, 0.15) is 11.1 Å².